The Kier molecular flexibility index (Phi) is 5.93. The van der Waals surface area contributed by atoms with Crippen LogP contribution in [0.1, 0.15) is 41.0 Å². The van der Waals surface area contributed by atoms with Crippen molar-refractivity contribution in [3.63, 3.8) is 0 Å². The van der Waals surface area contributed by atoms with Crippen LogP contribution in [0, 0.1) is 0 Å². The third kappa shape index (κ3) is 4.06. The second-order valence-electron chi connectivity index (χ2n) is 10.7. The number of hydrogen-bond acceptors (Lipinski definition) is 3. The van der Waals surface area contributed by atoms with Gasteiger partial charge in [0.2, 0.25) is 0 Å². The summed E-state index contributed by atoms with van der Waals surface area (Å²) in [5.41, 5.74) is 11.5. The Balaban J connectivity index is 1.36. The molecule has 0 amide bonds. The van der Waals surface area contributed by atoms with Gasteiger partial charge in [-0.15, -0.1) is 0 Å². The number of aryl methyl sites for hydroxylation is 1. The second kappa shape index (κ2) is 9.77. The van der Waals surface area contributed by atoms with Crippen LogP contribution in [0.15, 0.2) is 137 Å². The van der Waals surface area contributed by atoms with Gasteiger partial charge in [0.25, 0.3) is 0 Å². The van der Waals surface area contributed by atoms with E-state index in [2.05, 4.69) is 98.6 Å². The van der Waals surface area contributed by atoms with E-state index in [1.54, 1.807) is 0 Å². The lowest BCUT2D eigenvalue weighted by Gasteiger charge is -2.32. The van der Waals surface area contributed by atoms with E-state index in [1.807, 2.05) is 18.2 Å². The van der Waals surface area contributed by atoms with Gasteiger partial charge >= 0.3 is 0 Å². The maximum atomic E-state index is 6.47. The summed E-state index contributed by atoms with van der Waals surface area (Å²) in [6, 6.07) is 30.0. The SMILES string of the molecule is C=CC1=NC(=C)CC2N=C(C=C)c3ccccc3C2CCc2cc3oc4cc(-c5ccccc5)ccc4c3cc21. The predicted octanol–water partition coefficient (Wildman–Crippen LogP) is 9.22. The van der Waals surface area contributed by atoms with Crippen molar-refractivity contribution in [2.45, 2.75) is 31.2 Å². The second-order valence-corrected chi connectivity index (χ2v) is 10.7. The van der Waals surface area contributed by atoms with Gasteiger partial charge in [-0.3, -0.25) is 9.98 Å². The minimum absolute atomic E-state index is 0.0677. The van der Waals surface area contributed by atoms with Gasteiger partial charge in [0.1, 0.15) is 11.2 Å². The van der Waals surface area contributed by atoms with Crippen LogP contribution in [-0.2, 0) is 6.42 Å². The van der Waals surface area contributed by atoms with Gasteiger partial charge in [0, 0.05) is 39.9 Å². The maximum absolute atomic E-state index is 6.47. The number of aliphatic imine (C=N–C) groups is 2. The molecule has 0 radical (unpaired) electrons. The first-order valence-electron chi connectivity index (χ1n) is 13.9. The molecule has 7 rings (SSSR count). The molecule has 3 heteroatoms. The highest BCUT2D eigenvalue weighted by molar-refractivity contribution is 6.15. The molecule has 2 aliphatic heterocycles. The molecule has 1 aromatic heterocycles. The minimum Gasteiger partial charge on any atom is -0.456 e. The Morgan fingerprint density at radius 3 is 2.35 bits per heavy atom. The van der Waals surface area contributed by atoms with Crippen LogP contribution in [0.5, 0.6) is 0 Å². The molecule has 2 unspecified atom stereocenters. The molecule has 0 fully saturated rings. The molecular weight excluding hydrogens is 488 g/mol. The molecule has 0 saturated carbocycles. The normalized spacial score (nSPS) is 18.8. The quantitative estimate of drug-likeness (QED) is 0.235. The van der Waals surface area contributed by atoms with Crippen LogP contribution in [0.2, 0.25) is 0 Å². The Bertz CT molecular complexity index is 1890. The lowest BCUT2D eigenvalue weighted by molar-refractivity contribution is 0.490. The topological polar surface area (TPSA) is 37.9 Å². The summed E-state index contributed by atoms with van der Waals surface area (Å²) in [4.78, 5) is 10.1. The number of hydrogen-bond donors (Lipinski definition) is 0. The number of fused-ring (bicyclic) bond motifs is 7. The fourth-order valence-corrected chi connectivity index (χ4v) is 6.40. The summed E-state index contributed by atoms with van der Waals surface area (Å²) in [6.45, 7) is 12.5. The Labute approximate surface area is 234 Å². The molecule has 2 atom stereocenters. The van der Waals surface area contributed by atoms with Gasteiger partial charge in [-0.1, -0.05) is 80.4 Å². The smallest absolute Gasteiger partial charge is 0.136 e. The summed E-state index contributed by atoms with van der Waals surface area (Å²) >= 11 is 0. The van der Waals surface area contributed by atoms with E-state index in [0.717, 1.165) is 63.0 Å². The fourth-order valence-electron chi connectivity index (χ4n) is 6.40. The van der Waals surface area contributed by atoms with E-state index >= 15 is 0 Å². The highest BCUT2D eigenvalue weighted by Crippen LogP contribution is 2.40. The van der Waals surface area contributed by atoms with Crippen LogP contribution in [0.3, 0.4) is 0 Å². The van der Waals surface area contributed by atoms with E-state index < -0.39 is 0 Å². The van der Waals surface area contributed by atoms with Crippen molar-refractivity contribution in [2.24, 2.45) is 9.98 Å². The molecular formula is C37H30N2O. The van der Waals surface area contributed by atoms with Gasteiger partial charge in [-0.2, -0.15) is 0 Å². The largest absolute Gasteiger partial charge is 0.456 e. The Morgan fingerprint density at radius 2 is 1.52 bits per heavy atom. The van der Waals surface area contributed by atoms with Crippen LogP contribution >= 0.6 is 0 Å². The summed E-state index contributed by atoms with van der Waals surface area (Å²) < 4.78 is 6.47. The minimum atomic E-state index is 0.0677. The van der Waals surface area contributed by atoms with Crippen molar-refractivity contribution in [3.05, 3.63) is 145 Å². The zero-order valence-electron chi connectivity index (χ0n) is 22.4. The van der Waals surface area contributed by atoms with E-state index in [9.17, 15) is 0 Å². The van der Waals surface area contributed by atoms with Crippen molar-refractivity contribution in [1.82, 2.24) is 0 Å². The van der Waals surface area contributed by atoms with Gasteiger partial charge in [-0.05, 0) is 71.5 Å². The highest BCUT2D eigenvalue weighted by atomic mass is 16.3. The summed E-state index contributed by atoms with van der Waals surface area (Å²) in [7, 11) is 0. The van der Waals surface area contributed by atoms with Gasteiger partial charge in [-0.25, -0.2) is 0 Å². The third-order valence-corrected chi connectivity index (χ3v) is 8.32. The third-order valence-electron chi connectivity index (χ3n) is 8.32. The zero-order chi connectivity index (χ0) is 27.2. The first kappa shape index (κ1) is 24.3. The van der Waals surface area contributed by atoms with E-state index in [0.29, 0.717) is 6.42 Å². The molecule has 5 aromatic rings. The van der Waals surface area contributed by atoms with Gasteiger partial charge in [0.05, 0.1) is 17.5 Å². The fraction of sp³-hybridized carbons (Fsp3) is 0.135. The van der Waals surface area contributed by atoms with E-state index in [1.165, 1.54) is 22.3 Å². The van der Waals surface area contributed by atoms with Gasteiger partial charge < -0.3 is 4.42 Å². The van der Waals surface area contributed by atoms with E-state index in [-0.39, 0.29) is 12.0 Å². The van der Waals surface area contributed by atoms with Crippen molar-refractivity contribution in [1.29, 1.82) is 0 Å². The molecule has 0 aliphatic carbocycles. The molecule has 0 bridgehead atoms. The number of benzene rings is 4. The lowest BCUT2D eigenvalue weighted by Crippen LogP contribution is -2.27. The molecule has 0 N–H and O–H groups in total. The summed E-state index contributed by atoms with van der Waals surface area (Å²) in [6.07, 6.45) is 6.25. The standard InChI is InChI=1S/C37H30N2O/c1-4-33-28-14-10-9-13-27(28)29-17-16-26-21-37-32(22-31(26)34(5-2)38-23(3)19-35(29)39-33)30-18-15-25(20-36(30)40-37)24-11-7-6-8-12-24/h4-15,18,20-22,29,35H,1-3,16-17,19H2. The number of allylic oxidation sites excluding steroid dienone is 2. The molecule has 194 valence electrons. The van der Waals surface area contributed by atoms with Crippen LogP contribution in [-0.4, -0.2) is 17.5 Å². The highest BCUT2D eigenvalue weighted by Gasteiger charge is 2.31. The predicted molar refractivity (Wildman–Crippen MR) is 168 cm³/mol. The molecule has 0 saturated heterocycles. The number of rotatable bonds is 3. The van der Waals surface area contributed by atoms with Crippen molar-refractivity contribution in [2.75, 3.05) is 0 Å². The van der Waals surface area contributed by atoms with Crippen molar-refractivity contribution >= 4 is 33.4 Å². The zero-order valence-corrected chi connectivity index (χ0v) is 22.4. The molecule has 3 nitrogen and oxygen atoms in total. The Morgan fingerprint density at radius 1 is 0.750 bits per heavy atom. The number of furan rings is 1. The van der Waals surface area contributed by atoms with Crippen molar-refractivity contribution < 1.29 is 4.42 Å². The lowest BCUT2D eigenvalue weighted by atomic mass is 9.78. The summed E-state index contributed by atoms with van der Waals surface area (Å²) in [5.74, 6) is 0.268. The van der Waals surface area contributed by atoms with Gasteiger partial charge in [0.15, 0.2) is 0 Å². The monoisotopic (exact) mass is 518 g/mol. The van der Waals surface area contributed by atoms with Crippen LogP contribution in [0.25, 0.3) is 33.1 Å². The Hall–Kier alpha value is -4.76. The molecule has 2 aliphatic rings. The van der Waals surface area contributed by atoms with Crippen molar-refractivity contribution in [3.8, 4) is 11.1 Å². The maximum Gasteiger partial charge on any atom is 0.136 e. The average Bonchev–Trinajstić information content (AvgIpc) is 3.35. The first-order chi connectivity index (χ1) is 19.6. The first-order valence-corrected chi connectivity index (χ1v) is 13.9. The average molecular weight is 519 g/mol. The van der Waals surface area contributed by atoms with Crippen LogP contribution < -0.4 is 0 Å². The molecule has 3 heterocycles. The number of nitrogens with zero attached hydrogens (tertiary/aromatic N) is 2. The van der Waals surface area contributed by atoms with Crippen LogP contribution in [0.4, 0.5) is 0 Å². The van der Waals surface area contributed by atoms with E-state index in [4.69, 9.17) is 14.4 Å². The molecule has 40 heavy (non-hydrogen) atoms. The molecule has 0 spiro atoms. The molecule has 4 aromatic carbocycles. The summed E-state index contributed by atoms with van der Waals surface area (Å²) in [5, 5.41) is 2.19.